The van der Waals surface area contributed by atoms with Crippen molar-refractivity contribution in [1.82, 2.24) is 0 Å². The van der Waals surface area contributed by atoms with Gasteiger partial charge in [0.1, 0.15) is 0 Å². The Bertz CT molecular complexity index is 882. The number of carbonyl (C=O) groups excluding carboxylic acids is 1. The van der Waals surface area contributed by atoms with Gasteiger partial charge in [-0.15, -0.1) is 0 Å². The Balaban J connectivity index is 2.17. The van der Waals surface area contributed by atoms with Crippen molar-refractivity contribution in [3.8, 4) is 0 Å². The normalized spacial score (nSPS) is 11.2. The van der Waals surface area contributed by atoms with Crippen LogP contribution in [0, 0.1) is 6.92 Å². The van der Waals surface area contributed by atoms with Crippen molar-refractivity contribution >= 4 is 22.7 Å². The van der Waals surface area contributed by atoms with Crippen LogP contribution in [-0.2, 0) is 4.79 Å². The lowest BCUT2D eigenvalue weighted by molar-refractivity contribution is -0.111. The van der Waals surface area contributed by atoms with Crippen LogP contribution in [0.2, 0.25) is 0 Å². The summed E-state index contributed by atoms with van der Waals surface area (Å²) in [6, 6.07) is 28.1. The fourth-order valence-corrected chi connectivity index (χ4v) is 2.82. The van der Waals surface area contributed by atoms with E-state index >= 15 is 0 Å². The number of aryl methyl sites for hydroxylation is 1. The molecule has 0 aliphatic rings. The Morgan fingerprint density at radius 3 is 1.96 bits per heavy atom. The van der Waals surface area contributed by atoms with Crippen molar-refractivity contribution in [1.29, 1.82) is 0 Å². The largest absolute Gasteiger partial charge is 0.316 e. The first-order valence-corrected chi connectivity index (χ1v) is 8.35. The van der Waals surface area contributed by atoms with Gasteiger partial charge in [0.25, 0.3) is 0 Å². The summed E-state index contributed by atoms with van der Waals surface area (Å²) < 4.78 is 0. The van der Waals surface area contributed by atoms with Crippen LogP contribution in [0.4, 0.5) is 11.4 Å². The van der Waals surface area contributed by atoms with E-state index in [4.69, 9.17) is 0 Å². The summed E-state index contributed by atoms with van der Waals surface area (Å²) in [6.45, 7) is 3.69. The van der Waals surface area contributed by atoms with Crippen molar-refractivity contribution in [3.05, 3.63) is 102 Å². The summed E-state index contributed by atoms with van der Waals surface area (Å²) in [6.07, 6.45) is 1.94. The maximum absolute atomic E-state index is 12.3. The smallest absolute Gasteiger partial charge is 0.161 e. The molecule has 25 heavy (non-hydrogen) atoms. The lowest BCUT2D eigenvalue weighted by atomic mass is 10.0. The first-order chi connectivity index (χ1) is 12.2. The highest BCUT2D eigenvalue weighted by atomic mass is 16.1. The quantitative estimate of drug-likeness (QED) is 0.555. The predicted molar refractivity (Wildman–Crippen MR) is 105 cm³/mol. The second-order valence-corrected chi connectivity index (χ2v) is 5.96. The zero-order chi connectivity index (χ0) is 17.6. The Hall–Kier alpha value is -3.13. The molecule has 0 atom stereocenters. The van der Waals surface area contributed by atoms with Crippen LogP contribution >= 0.6 is 0 Å². The Morgan fingerprint density at radius 1 is 0.800 bits per heavy atom. The molecule has 0 unspecified atom stereocenters. The number of nitrogens with zero attached hydrogens (tertiary/aromatic N) is 1. The minimum atomic E-state index is 0.0423. The number of benzene rings is 3. The van der Waals surface area contributed by atoms with Gasteiger partial charge < -0.3 is 4.90 Å². The molecule has 0 saturated carbocycles. The van der Waals surface area contributed by atoms with E-state index in [2.05, 4.69) is 24.0 Å². The zero-order valence-corrected chi connectivity index (χ0v) is 14.5. The molecule has 3 aromatic rings. The van der Waals surface area contributed by atoms with Gasteiger partial charge in [-0.3, -0.25) is 4.79 Å². The Kier molecular flexibility index (Phi) is 5.10. The number of para-hydroxylation sites is 2. The Labute approximate surface area is 149 Å². The lowest BCUT2D eigenvalue weighted by Crippen LogP contribution is -2.12. The van der Waals surface area contributed by atoms with Gasteiger partial charge in [-0.1, -0.05) is 66.7 Å². The van der Waals surface area contributed by atoms with E-state index in [-0.39, 0.29) is 5.78 Å². The monoisotopic (exact) mass is 327 g/mol. The molecule has 0 aliphatic heterocycles. The van der Waals surface area contributed by atoms with E-state index in [0.29, 0.717) is 5.57 Å². The summed E-state index contributed by atoms with van der Waals surface area (Å²) in [4.78, 5) is 14.4. The van der Waals surface area contributed by atoms with Gasteiger partial charge in [0.15, 0.2) is 5.78 Å². The van der Waals surface area contributed by atoms with Crippen molar-refractivity contribution in [3.63, 3.8) is 0 Å². The van der Waals surface area contributed by atoms with Crippen LogP contribution in [0.5, 0.6) is 0 Å². The summed E-state index contributed by atoms with van der Waals surface area (Å²) >= 11 is 0. The number of hydrogen-bond acceptors (Lipinski definition) is 2. The van der Waals surface area contributed by atoms with Gasteiger partial charge in [-0.05, 0) is 43.2 Å². The molecule has 0 aliphatic carbocycles. The van der Waals surface area contributed by atoms with E-state index in [1.54, 1.807) is 6.92 Å². The van der Waals surface area contributed by atoms with Crippen molar-refractivity contribution in [2.45, 2.75) is 13.8 Å². The molecular weight excluding hydrogens is 306 g/mol. The van der Waals surface area contributed by atoms with Gasteiger partial charge in [0.05, 0.1) is 0 Å². The summed E-state index contributed by atoms with van der Waals surface area (Å²) in [7, 11) is 0. The number of ketones is 1. The number of allylic oxidation sites excluding steroid dienone is 1. The fraction of sp³-hybridized carbons (Fsp3) is 0.0870. The summed E-state index contributed by atoms with van der Waals surface area (Å²) in [5, 5.41) is 0. The molecule has 0 radical (unpaired) electrons. The van der Waals surface area contributed by atoms with Crippen LogP contribution in [0.15, 0.2) is 91.1 Å². The third-order valence-corrected chi connectivity index (χ3v) is 4.13. The molecule has 0 fully saturated rings. The number of Topliss-reactive ketones (excluding diaryl/α,β-unsaturated/α-hetero) is 1. The highest BCUT2D eigenvalue weighted by Crippen LogP contribution is 2.30. The van der Waals surface area contributed by atoms with Crippen LogP contribution in [-0.4, -0.2) is 5.78 Å². The van der Waals surface area contributed by atoms with Gasteiger partial charge in [-0.25, -0.2) is 0 Å². The van der Waals surface area contributed by atoms with Crippen LogP contribution in [0.25, 0.3) is 5.57 Å². The van der Waals surface area contributed by atoms with Gasteiger partial charge in [-0.2, -0.15) is 0 Å². The Morgan fingerprint density at radius 2 is 1.36 bits per heavy atom. The maximum Gasteiger partial charge on any atom is 0.161 e. The third-order valence-electron chi connectivity index (χ3n) is 4.13. The number of rotatable bonds is 5. The van der Waals surface area contributed by atoms with E-state index in [1.807, 2.05) is 79.0 Å². The molecule has 0 N–H and O–H groups in total. The molecule has 3 aromatic carbocycles. The van der Waals surface area contributed by atoms with E-state index in [9.17, 15) is 4.79 Å². The third kappa shape index (κ3) is 3.86. The standard InChI is InChI=1S/C23H21NO/c1-18-11-9-10-16-23(18)24(21-14-7-4-8-15-21)17-22(19(2)25)20-12-5-3-6-13-20/h3-17H,1-2H3/b22-17+. The number of anilines is 2. The van der Waals surface area contributed by atoms with Crippen LogP contribution < -0.4 is 4.90 Å². The molecular formula is C23H21NO. The average Bonchev–Trinajstić information content (AvgIpc) is 2.65. The minimum absolute atomic E-state index is 0.0423. The molecule has 0 bridgehead atoms. The second kappa shape index (κ2) is 7.63. The zero-order valence-electron chi connectivity index (χ0n) is 14.5. The van der Waals surface area contributed by atoms with Crippen LogP contribution in [0.3, 0.4) is 0 Å². The first kappa shape index (κ1) is 16.7. The molecule has 2 nitrogen and oxygen atoms in total. The molecule has 0 amide bonds. The summed E-state index contributed by atoms with van der Waals surface area (Å²) in [5.74, 6) is 0.0423. The second-order valence-electron chi connectivity index (χ2n) is 5.96. The van der Waals surface area contributed by atoms with E-state index in [0.717, 1.165) is 22.5 Å². The molecule has 124 valence electrons. The lowest BCUT2D eigenvalue weighted by Gasteiger charge is -2.24. The highest BCUT2D eigenvalue weighted by Gasteiger charge is 2.14. The highest BCUT2D eigenvalue weighted by molar-refractivity contribution is 6.20. The van der Waals surface area contributed by atoms with E-state index < -0.39 is 0 Å². The number of carbonyl (C=O) groups is 1. The van der Waals surface area contributed by atoms with Crippen molar-refractivity contribution in [2.75, 3.05) is 4.90 Å². The molecule has 0 spiro atoms. The molecule has 3 rings (SSSR count). The first-order valence-electron chi connectivity index (χ1n) is 8.35. The van der Waals surface area contributed by atoms with Crippen molar-refractivity contribution in [2.24, 2.45) is 0 Å². The maximum atomic E-state index is 12.3. The van der Waals surface area contributed by atoms with Gasteiger partial charge in [0.2, 0.25) is 0 Å². The van der Waals surface area contributed by atoms with E-state index in [1.165, 1.54) is 0 Å². The fourth-order valence-electron chi connectivity index (χ4n) is 2.82. The van der Waals surface area contributed by atoms with Crippen molar-refractivity contribution < 1.29 is 4.79 Å². The number of hydrogen-bond donors (Lipinski definition) is 0. The van der Waals surface area contributed by atoms with Gasteiger partial charge >= 0.3 is 0 Å². The molecule has 0 saturated heterocycles. The molecule has 2 heteroatoms. The predicted octanol–water partition coefficient (Wildman–Crippen LogP) is 5.76. The van der Waals surface area contributed by atoms with Gasteiger partial charge in [0, 0.05) is 23.1 Å². The van der Waals surface area contributed by atoms with Crippen LogP contribution in [0.1, 0.15) is 18.1 Å². The average molecular weight is 327 g/mol. The molecule has 0 heterocycles. The molecule has 0 aromatic heterocycles. The minimum Gasteiger partial charge on any atom is -0.316 e. The topological polar surface area (TPSA) is 20.3 Å². The summed E-state index contributed by atoms with van der Waals surface area (Å²) in [5.41, 5.74) is 4.84. The SMILES string of the molecule is CC(=O)/C(=C\N(c1ccccc1)c1ccccc1C)c1ccccc1.